The van der Waals surface area contributed by atoms with Gasteiger partial charge in [-0.15, -0.1) is 0 Å². The minimum absolute atomic E-state index is 0.111. The smallest absolute Gasteiger partial charge is 0.337 e. The third-order valence-corrected chi connectivity index (χ3v) is 5.90. The fourth-order valence-corrected chi connectivity index (χ4v) is 4.08. The van der Waals surface area contributed by atoms with E-state index in [1.165, 1.54) is 0 Å². The molecule has 5 nitrogen and oxygen atoms in total. The van der Waals surface area contributed by atoms with E-state index in [0.717, 1.165) is 12.1 Å². The molecular formula is C13H17Cl2NO4S. The van der Waals surface area contributed by atoms with Crippen molar-refractivity contribution in [1.29, 1.82) is 0 Å². The van der Waals surface area contributed by atoms with Gasteiger partial charge in [-0.1, -0.05) is 37.0 Å². The molecule has 0 aliphatic rings. The molecule has 8 heteroatoms. The van der Waals surface area contributed by atoms with Crippen LogP contribution in [-0.4, -0.2) is 25.0 Å². The summed E-state index contributed by atoms with van der Waals surface area (Å²) in [5.41, 5.74) is -0.943. The van der Waals surface area contributed by atoms with Gasteiger partial charge in [0.15, 0.2) is 0 Å². The molecular weight excluding hydrogens is 337 g/mol. The summed E-state index contributed by atoms with van der Waals surface area (Å²) in [6.45, 7) is 5.49. The molecule has 0 spiro atoms. The predicted molar refractivity (Wildman–Crippen MR) is 82.7 cm³/mol. The molecule has 0 amide bonds. The summed E-state index contributed by atoms with van der Waals surface area (Å²) in [5, 5.41) is 8.80. The Morgan fingerprint density at radius 1 is 1.24 bits per heavy atom. The fraction of sp³-hybridized carbons (Fsp3) is 0.462. The van der Waals surface area contributed by atoms with E-state index in [4.69, 9.17) is 28.3 Å². The maximum absolute atomic E-state index is 12.4. The topological polar surface area (TPSA) is 83.5 Å². The number of carboxylic acid groups (broad SMARTS) is 1. The highest BCUT2D eigenvalue weighted by Crippen LogP contribution is 2.30. The van der Waals surface area contributed by atoms with Gasteiger partial charge >= 0.3 is 5.97 Å². The first-order chi connectivity index (χ1) is 9.56. The van der Waals surface area contributed by atoms with E-state index < -0.39 is 21.5 Å². The maximum Gasteiger partial charge on any atom is 0.337 e. The van der Waals surface area contributed by atoms with Crippen LogP contribution in [0.1, 0.15) is 44.0 Å². The first-order valence-electron chi connectivity index (χ1n) is 6.32. The van der Waals surface area contributed by atoms with Crippen LogP contribution < -0.4 is 4.72 Å². The largest absolute Gasteiger partial charge is 0.478 e. The van der Waals surface area contributed by atoms with Crippen LogP contribution in [0, 0.1) is 0 Å². The maximum atomic E-state index is 12.4. The SMILES string of the molecule is CCC(C)(CC)NS(=O)(=O)c1cc(C(=O)O)c(Cl)cc1Cl. The molecule has 0 unspecified atom stereocenters. The monoisotopic (exact) mass is 353 g/mol. The molecule has 0 atom stereocenters. The lowest BCUT2D eigenvalue weighted by atomic mass is 9.98. The second-order valence-electron chi connectivity index (χ2n) is 4.94. The summed E-state index contributed by atoms with van der Waals surface area (Å²) in [6.07, 6.45) is 1.17. The molecule has 0 aromatic heterocycles. The second-order valence-corrected chi connectivity index (χ2v) is 7.41. The molecule has 1 aromatic carbocycles. The van der Waals surface area contributed by atoms with Crippen LogP contribution in [0.2, 0.25) is 10.0 Å². The average Bonchev–Trinajstić information content (AvgIpc) is 2.37. The van der Waals surface area contributed by atoms with Crippen LogP contribution in [0.4, 0.5) is 0 Å². The van der Waals surface area contributed by atoms with E-state index in [1.807, 2.05) is 13.8 Å². The Bertz CT molecular complexity index is 654. The van der Waals surface area contributed by atoms with Crippen LogP contribution in [0.5, 0.6) is 0 Å². The van der Waals surface area contributed by atoms with Gasteiger partial charge < -0.3 is 5.11 Å². The Labute approximate surface area is 134 Å². The van der Waals surface area contributed by atoms with Gasteiger partial charge in [0.2, 0.25) is 10.0 Å². The molecule has 0 saturated heterocycles. The highest BCUT2D eigenvalue weighted by molar-refractivity contribution is 7.89. The van der Waals surface area contributed by atoms with Crippen molar-refractivity contribution in [2.24, 2.45) is 0 Å². The third-order valence-electron chi connectivity index (χ3n) is 3.48. The highest BCUT2D eigenvalue weighted by Gasteiger charge is 2.30. The van der Waals surface area contributed by atoms with Crippen LogP contribution in [-0.2, 0) is 10.0 Å². The molecule has 0 aliphatic heterocycles. The zero-order valence-corrected chi connectivity index (χ0v) is 14.2. The number of carboxylic acids is 1. The molecule has 0 aliphatic carbocycles. The Kier molecular flexibility index (Phi) is 5.66. The number of nitrogens with one attached hydrogen (secondary N) is 1. The number of benzene rings is 1. The lowest BCUT2D eigenvalue weighted by Gasteiger charge is -2.28. The van der Waals surface area contributed by atoms with Crippen LogP contribution in [0.3, 0.4) is 0 Å². The summed E-state index contributed by atoms with van der Waals surface area (Å²) in [7, 11) is -3.95. The van der Waals surface area contributed by atoms with Crippen LogP contribution >= 0.6 is 23.2 Å². The zero-order chi connectivity index (χ0) is 16.4. The number of hydrogen-bond acceptors (Lipinski definition) is 3. The Morgan fingerprint density at radius 3 is 2.19 bits per heavy atom. The van der Waals surface area contributed by atoms with Crippen molar-refractivity contribution < 1.29 is 18.3 Å². The third kappa shape index (κ3) is 4.10. The molecule has 2 N–H and O–H groups in total. The summed E-state index contributed by atoms with van der Waals surface area (Å²) >= 11 is 11.7. The number of carbonyl (C=O) groups is 1. The standard InChI is InChI=1S/C13H17Cl2NO4S/c1-4-13(3,5-2)16-21(19,20)11-6-8(12(17)18)9(14)7-10(11)15/h6-7,16H,4-5H2,1-3H3,(H,17,18). The predicted octanol–water partition coefficient (Wildman–Crippen LogP) is 3.55. The molecule has 1 aromatic rings. The first kappa shape index (κ1) is 18.2. The van der Waals surface area contributed by atoms with E-state index in [-0.39, 0.29) is 20.5 Å². The molecule has 0 bridgehead atoms. The van der Waals surface area contributed by atoms with E-state index in [0.29, 0.717) is 12.8 Å². The van der Waals surface area contributed by atoms with Crippen molar-refractivity contribution in [3.63, 3.8) is 0 Å². The van der Waals surface area contributed by atoms with Crippen molar-refractivity contribution in [1.82, 2.24) is 4.72 Å². The van der Waals surface area contributed by atoms with Gasteiger partial charge in [0, 0.05) is 5.54 Å². The number of sulfonamides is 1. The van der Waals surface area contributed by atoms with Crippen LogP contribution in [0.15, 0.2) is 17.0 Å². The van der Waals surface area contributed by atoms with Crippen molar-refractivity contribution >= 4 is 39.2 Å². The number of halogens is 2. The molecule has 1 rings (SSSR count). The van der Waals surface area contributed by atoms with Crippen LogP contribution in [0.25, 0.3) is 0 Å². The van der Waals surface area contributed by atoms with Gasteiger partial charge in [-0.3, -0.25) is 0 Å². The molecule has 0 radical (unpaired) electrons. The molecule has 0 heterocycles. The van der Waals surface area contributed by atoms with E-state index in [1.54, 1.807) is 6.92 Å². The zero-order valence-electron chi connectivity index (χ0n) is 11.9. The van der Waals surface area contributed by atoms with Crippen molar-refractivity contribution in [2.75, 3.05) is 0 Å². The molecule has 0 fully saturated rings. The number of hydrogen-bond donors (Lipinski definition) is 2. The fourth-order valence-electron chi connectivity index (χ4n) is 1.67. The minimum atomic E-state index is -3.95. The Hall–Kier alpha value is -0.820. The van der Waals surface area contributed by atoms with E-state index in [9.17, 15) is 13.2 Å². The van der Waals surface area contributed by atoms with E-state index in [2.05, 4.69) is 4.72 Å². The minimum Gasteiger partial charge on any atom is -0.478 e. The van der Waals surface area contributed by atoms with Crippen molar-refractivity contribution in [3.05, 3.63) is 27.7 Å². The molecule has 21 heavy (non-hydrogen) atoms. The van der Waals surface area contributed by atoms with Gasteiger partial charge in [-0.25, -0.2) is 17.9 Å². The Morgan fingerprint density at radius 2 is 1.76 bits per heavy atom. The summed E-state index contributed by atoms with van der Waals surface area (Å²) < 4.78 is 27.4. The van der Waals surface area contributed by atoms with E-state index >= 15 is 0 Å². The lowest BCUT2D eigenvalue weighted by molar-refractivity contribution is 0.0697. The quantitative estimate of drug-likeness (QED) is 0.818. The first-order valence-corrected chi connectivity index (χ1v) is 8.56. The summed E-state index contributed by atoms with van der Waals surface area (Å²) in [5.74, 6) is -1.32. The normalized spacial score (nSPS) is 12.4. The van der Waals surface area contributed by atoms with Gasteiger partial charge in [0.1, 0.15) is 4.90 Å². The van der Waals surface area contributed by atoms with Gasteiger partial charge in [-0.2, -0.15) is 0 Å². The number of aromatic carboxylic acids is 1. The molecule has 0 saturated carbocycles. The average molecular weight is 354 g/mol. The van der Waals surface area contributed by atoms with Gasteiger partial charge in [0.05, 0.1) is 15.6 Å². The van der Waals surface area contributed by atoms with Crippen molar-refractivity contribution in [3.8, 4) is 0 Å². The Balaban J connectivity index is 3.39. The van der Waals surface area contributed by atoms with Gasteiger partial charge in [0.25, 0.3) is 0 Å². The van der Waals surface area contributed by atoms with Crippen molar-refractivity contribution in [2.45, 2.75) is 44.0 Å². The van der Waals surface area contributed by atoms with Gasteiger partial charge in [-0.05, 0) is 31.9 Å². The lowest BCUT2D eigenvalue weighted by Crippen LogP contribution is -2.44. The molecule has 118 valence electrons. The second kappa shape index (κ2) is 6.52. The highest BCUT2D eigenvalue weighted by atomic mass is 35.5. The summed E-state index contributed by atoms with van der Waals surface area (Å²) in [4.78, 5) is 10.8. The summed E-state index contributed by atoms with van der Waals surface area (Å²) in [6, 6.07) is 2.09. The number of rotatable bonds is 6.